The van der Waals surface area contributed by atoms with E-state index in [0.29, 0.717) is 11.3 Å². The fourth-order valence-electron chi connectivity index (χ4n) is 1.98. The maximum Gasteiger partial charge on any atom is 0.270 e. The molecule has 2 amide bonds. The zero-order valence-electron chi connectivity index (χ0n) is 13.8. The predicted octanol–water partition coefficient (Wildman–Crippen LogP) is 2.73. The lowest BCUT2D eigenvalue weighted by molar-refractivity contribution is 0.0914. The van der Waals surface area contributed by atoms with Crippen LogP contribution in [0.2, 0.25) is 0 Å². The molecule has 2 aromatic rings. The molecule has 0 fully saturated rings. The highest BCUT2D eigenvalue weighted by atomic mass is 16.2. The van der Waals surface area contributed by atoms with E-state index in [1.807, 2.05) is 26.8 Å². The first kappa shape index (κ1) is 17.2. The van der Waals surface area contributed by atoms with E-state index in [2.05, 4.69) is 15.6 Å². The molecule has 24 heavy (non-hydrogen) atoms. The highest BCUT2D eigenvalue weighted by Crippen LogP contribution is 2.15. The number of benzene rings is 1. The lowest BCUT2D eigenvalue weighted by Gasteiger charge is -2.20. The Balaban J connectivity index is 2.21. The minimum absolute atomic E-state index is 0.158. The van der Waals surface area contributed by atoms with Crippen molar-refractivity contribution in [3.63, 3.8) is 0 Å². The quantitative estimate of drug-likeness (QED) is 0.908. The van der Waals surface area contributed by atoms with Crippen LogP contribution in [0, 0.1) is 11.3 Å². The molecule has 0 unspecified atom stereocenters. The largest absolute Gasteiger partial charge is 0.346 e. The molecule has 0 spiro atoms. The SMILES string of the molecule is CC(C)(C)NC(=O)c1cc(C(=O)Nc2ccccc2C#N)ccn1. The Kier molecular flexibility index (Phi) is 4.95. The standard InChI is InChI=1S/C18H18N4O2/c1-18(2,3)22-17(24)15-10-12(8-9-20-15)16(23)21-14-7-5-4-6-13(14)11-19/h4-10H,1-3H3,(H,21,23)(H,22,24). The van der Waals surface area contributed by atoms with Crippen molar-refractivity contribution in [1.29, 1.82) is 5.26 Å². The number of carbonyl (C=O) groups is 2. The number of anilines is 1. The van der Waals surface area contributed by atoms with E-state index in [9.17, 15) is 9.59 Å². The normalized spacial score (nSPS) is 10.6. The monoisotopic (exact) mass is 322 g/mol. The molecule has 2 rings (SSSR count). The van der Waals surface area contributed by atoms with Crippen molar-refractivity contribution in [2.24, 2.45) is 0 Å². The number of nitrogens with zero attached hydrogens (tertiary/aromatic N) is 2. The van der Waals surface area contributed by atoms with Gasteiger partial charge in [-0.05, 0) is 45.0 Å². The van der Waals surface area contributed by atoms with Gasteiger partial charge in [0.1, 0.15) is 11.8 Å². The molecule has 0 aliphatic rings. The zero-order valence-corrected chi connectivity index (χ0v) is 13.8. The van der Waals surface area contributed by atoms with E-state index < -0.39 is 11.4 Å². The van der Waals surface area contributed by atoms with Crippen molar-refractivity contribution < 1.29 is 9.59 Å². The first-order valence-corrected chi connectivity index (χ1v) is 7.39. The molecule has 0 atom stereocenters. The van der Waals surface area contributed by atoms with E-state index in [1.54, 1.807) is 24.3 Å². The molecular weight excluding hydrogens is 304 g/mol. The Hall–Kier alpha value is -3.20. The average Bonchev–Trinajstić information content (AvgIpc) is 2.54. The minimum Gasteiger partial charge on any atom is -0.346 e. The van der Waals surface area contributed by atoms with Crippen molar-refractivity contribution in [1.82, 2.24) is 10.3 Å². The van der Waals surface area contributed by atoms with Crippen LogP contribution >= 0.6 is 0 Å². The molecule has 0 saturated carbocycles. The molecule has 1 heterocycles. The third kappa shape index (κ3) is 4.40. The summed E-state index contributed by atoms with van der Waals surface area (Å²) in [5.41, 5.74) is 0.832. The van der Waals surface area contributed by atoms with Crippen molar-refractivity contribution in [2.75, 3.05) is 5.32 Å². The molecule has 6 nitrogen and oxygen atoms in total. The van der Waals surface area contributed by atoms with Crippen molar-refractivity contribution in [3.05, 3.63) is 59.4 Å². The number of rotatable bonds is 3. The van der Waals surface area contributed by atoms with Gasteiger partial charge >= 0.3 is 0 Å². The summed E-state index contributed by atoms with van der Waals surface area (Å²) in [6.45, 7) is 5.58. The van der Waals surface area contributed by atoms with Crippen LogP contribution < -0.4 is 10.6 Å². The van der Waals surface area contributed by atoms with Crippen LogP contribution in [0.4, 0.5) is 5.69 Å². The number of amides is 2. The van der Waals surface area contributed by atoms with E-state index >= 15 is 0 Å². The number of aromatic nitrogens is 1. The summed E-state index contributed by atoms with van der Waals surface area (Å²) in [4.78, 5) is 28.5. The minimum atomic E-state index is -0.412. The Labute approximate surface area is 140 Å². The zero-order chi connectivity index (χ0) is 17.7. The highest BCUT2D eigenvalue weighted by molar-refractivity contribution is 6.06. The van der Waals surface area contributed by atoms with Gasteiger partial charge in [-0.2, -0.15) is 5.26 Å². The number of nitriles is 1. The topological polar surface area (TPSA) is 94.9 Å². The Bertz CT molecular complexity index is 816. The summed E-state index contributed by atoms with van der Waals surface area (Å²) in [5.74, 6) is -0.764. The summed E-state index contributed by atoms with van der Waals surface area (Å²) < 4.78 is 0. The van der Waals surface area contributed by atoms with Crippen LogP contribution in [0.5, 0.6) is 0 Å². The fourth-order valence-corrected chi connectivity index (χ4v) is 1.98. The van der Waals surface area contributed by atoms with Crippen LogP contribution in [-0.4, -0.2) is 22.3 Å². The van der Waals surface area contributed by atoms with Crippen LogP contribution in [0.3, 0.4) is 0 Å². The summed E-state index contributed by atoms with van der Waals surface area (Å²) >= 11 is 0. The number of pyridine rings is 1. The molecule has 0 radical (unpaired) electrons. The van der Waals surface area contributed by atoms with Gasteiger partial charge in [0, 0.05) is 17.3 Å². The molecule has 6 heteroatoms. The predicted molar refractivity (Wildman–Crippen MR) is 90.6 cm³/mol. The number of hydrogen-bond donors (Lipinski definition) is 2. The van der Waals surface area contributed by atoms with E-state index in [1.165, 1.54) is 18.3 Å². The van der Waals surface area contributed by atoms with Gasteiger partial charge in [-0.1, -0.05) is 12.1 Å². The van der Waals surface area contributed by atoms with Gasteiger partial charge in [-0.15, -0.1) is 0 Å². The first-order valence-electron chi connectivity index (χ1n) is 7.39. The average molecular weight is 322 g/mol. The second-order valence-electron chi connectivity index (χ2n) is 6.25. The molecule has 2 N–H and O–H groups in total. The maximum absolute atomic E-state index is 12.4. The van der Waals surface area contributed by atoms with E-state index in [-0.39, 0.29) is 17.2 Å². The van der Waals surface area contributed by atoms with E-state index in [0.717, 1.165) is 0 Å². The number of carbonyl (C=O) groups excluding carboxylic acids is 2. The first-order chi connectivity index (χ1) is 11.3. The van der Waals surface area contributed by atoms with Crippen LogP contribution in [0.25, 0.3) is 0 Å². The highest BCUT2D eigenvalue weighted by Gasteiger charge is 2.18. The molecule has 0 aliphatic carbocycles. The third-order valence-corrected chi connectivity index (χ3v) is 3.04. The van der Waals surface area contributed by atoms with Gasteiger partial charge in [-0.3, -0.25) is 14.6 Å². The van der Waals surface area contributed by atoms with Gasteiger partial charge in [-0.25, -0.2) is 0 Å². The molecular formula is C18H18N4O2. The molecule has 1 aromatic heterocycles. The molecule has 122 valence electrons. The third-order valence-electron chi connectivity index (χ3n) is 3.04. The Morgan fingerprint density at radius 2 is 1.83 bits per heavy atom. The lowest BCUT2D eigenvalue weighted by atomic mass is 10.1. The second-order valence-corrected chi connectivity index (χ2v) is 6.25. The number of nitrogens with one attached hydrogen (secondary N) is 2. The van der Waals surface area contributed by atoms with Gasteiger partial charge < -0.3 is 10.6 Å². The molecule has 0 bridgehead atoms. The molecule has 0 aliphatic heterocycles. The Morgan fingerprint density at radius 1 is 1.12 bits per heavy atom. The lowest BCUT2D eigenvalue weighted by Crippen LogP contribution is -2.41. The second kappa shape index (κ2) is 6.92. The van der Waals surface area contributed by atoms with Crippen LogP contribution in [-0.2, 0) is 0 Å². The van der Waals surface area contributed by atoms with E-state index in [4.69, 9.17) is 5.26 Å². The number of hydrogen-bond acceptors (Lipinski definition) is 4. The molecule has 0 saturated heterocycles. The summed E-state index contributed by atoms with van der Waals surface area (Å²) in [6.07, 6.45) is 1.41. The Morgan fingerprint density at radius 3 is 2.50 bits per heavy atom. The summed E-state index contributed by atoms with van der Waals surface area (Å²) in [5, 5.41) is 14.5. The van der Waals surface area contributed by atoms with Crippen LogP contribution in [0.1, 0.15) is 47.2 Å². The van der Waals surface area contributed by atoms with Crippen molar-refractivity contribution >= 4 is 17.5 Å². The fraction of sp³-hybridized carbons (Fsp3) is 0.222. The van der Waals surface area contributed by atoms with Gasteiger partial charge in [0.05, 0.1) is 11.3 Å². The smallest absolute Gasteiger partial charge is 0.270 e. The van der Waals surface area contributed by atoms with Crippen molar-refractivity contribution in [3.8, 4) is 6.07 Å². The summed E-state index contributed by atoms with van der Waals surface area (Å²) in [6, 6.07) is 11.7. The van der Waals surface area contributed by atoms with Gasteiger partial charge in [0.2, 0.25) is 0 Å². The summed E-state index contributed by atoms with van der Waals surface area (Å²) in [7, 11) is 0. The van der Waals surface area contributed by atoms with Crippen LogP contribution in [0.15, 0.2) is 42.6 Å². The van der Waals surface area contributed by atoms with Gasteiger partial charge in [0.15, 0.2) is 0 Å². The number of para-hydroxylation sites is 1. The van der Waals surface area contributed by atoms with Gasteiger partial charge in [0.25, 0.3) is 11.8 Å². The maximum atomic E-state index is 12.4. The van der Waals surface area contributed by atoms with Crippen molar-refractivity contribution in [2.45, 2.75) is 26.3 Å². The molecule has 1 aromatic carbocycles.